The third-order valence-electron chi connectivity index (χ3n) is 6.58. The van der Waals surface area contributed by atoms with Gasteiger partial charge in [-0.15, -0.1) is 20.2 Å². The van der Waals surface area contributed by atoms with Crippen molar-refractivity contribution in [1.82, 2.24) is 10.6 Å². The molecule has 0 spiro atoms. The number of esters is 2. The van der Waals surface area contributed by atoms with E-state index in [4.69, 9.17) is 23.7 Å². The maximum atomic E-state index is 12.8. The first-order valence-corrected chi connectivity index (χ1v) is 14.3. The van der Waals surface area contributed by atoms with E-state index < -0.39 is 60.3 Å². The van der Waals surface area contributed by atoms with E-state index in [1.165, 1.54) is 14.2 Å². The Morgan fingerprint density at radius 1 is 0.939 bits per heavy atom. The SMILES string of the molecule is COc1cc2c(c(OC)c1)CC(=O)NC(c1cc(C)c(OCCOC(=O)CC(NC(=O)CO[N+](=O)[O-])C(=O)OCCO[N+](=O)[O-])c(C)c1)=N2. The topological polar surface area (TPSA) is 256 Å². The molecule has 20 heteroatoms. The van der Waals surface area contributed by atoms with Crippen LogP contribution in [-0.4, -0.2) is 93.1 Å². The lowest BCUT2D eigenvalue weighted by molar-refractivity contribution is -0.757. The average molecular weight is 692 g/mol. The van der Waals surface area contributed by atoms with Gasteiger partial charge in [0.2, 0.25) is 11.8 Å². The van der Waals surface area contributed by atoms with Crippen molar-refractivity contribution in [1.29, 1.82) is 0 Å². The zero-order chi connectivity index (χ0) is 36.1. The second kappa shape index (κ2) is 17.6. The Bertz CT molecular complexity index is 1600. The van der Waals surface area contributed by atoms with Gasteiger partial charge in [-0.1, -0.05) is 0 Å². The van der Waals surface area contributed by atoms with Crippen molar-refractivity contribution in [3.63, 3.8) is 0 Å². The second-order valence-electron chi connectivity index (χ2n) is 10.1. The summed E-state index contributed by atoms with van der Waals surface area (Å²) in [4.78, 5) is 82.8. The van der Waals surface area contributed by atoms with Gasteiger partial charge >= 0.3 is 11.9 Å². The number of rotatable bonds is 18. The lowest BCUT2D eigenvalue weighted by Gasteiger charge is -2.17. The van der Waals surface area contributed by atoms with Crippen LogP contribution < -0.4 is 24.8 Å². The number of nitrogens with zero attached hydrogens (tertiary/aromatic N) is 3. The molecule has 1 heterocycles. The molecule has 1 unspecified atom stereocenters. The molecule has 1 aliphatic rings. The fourth-order valence-electron chi connectivity index (χ4n) is 4.54. The van der Waals surface area contributed by atoms with Crippen LogP contribution in [0.3, 0.4) is 0 Å². The highest BCUT2D eigenvalue weighted by molar-refractivity contribution is 6.11. The van der Waals surface area contributed by atoms with Gasteiger partial charge in [-0.25, -0.2) is 9.79 Å². The molecule has 1 atom stereocenters. The molecule has 264 valence electrons. The summed E-state index contributed by atoms with van der Waals surface area (Å²) in [6.45, 7) is 0.872. The molecule has 0 radical (unpaired) electrons. The van der Waals surface area contributed by atoms with Crippen LogP contribution in [0.4, 0.5) is 5.69 Å². The number of amidine groups is 1. The Labute approximate surface area is 277 Å². The highest BCUT2D eigenvalue weighted by Gasteiger charge is 2.27. The van der Waals surface area contributed by atoms with Crippen molar-refractivity contribution in [2.75, 3.05) is 47.3 Å². The Kier molecular flexibility index (Phi) is 13.4. The molecule has 2 aromatic rings. The number of ether oxygens (including phenoxy) is 5. The van der Waals surface area contributed by atoms with Gasteiger partial charge in [-0.05, 0) is 37.1 Å². The first kappa shape index (κ1) is 37.2. The Morgan fingerprint density at radius 3 is 2.24 bits per heavy atom. The molecule has 0 saturated heterocycles. The number of carbonyl (C=O) groups excluding carboxylic acids is 4. The highest BCUT2D eigenvalue weighted by Crippen LogP contribution is 2.36. The smallest absolute Gasteiger partial charge is 0.329 e. The molecular weight excluding hydrogens is 658 g/mol. The molecule has 3 rings (SSSR count). The van der Waals surface area contributed by atoms with Crippen LogP contribution in [0.15, 0.2) is 29.3 Å². The summed E-state index contributed by atoms with van der Waals surface area (Å²) in [7, 11) is 3.00. The van der Waals surface area contributed by atoms with Gasteiger partial charge in [0.25, 0.3) is 10.2 Å². The Hall–Kier alpha value is -6.21. The predicted molar refractivity (Wildman–Crippen MR) is 163 cm³/mol. The number of nitrogens with one attached hydrogen (secondary N) is 2. The van der Waals surface area contributed by atoms with E-state index in [9.17, 15) is 39.4 Å². The highest BCUT2D eigenvalue weighted by atomic mass is 17.0. The standard InChI is InChI=1S/C29H33N5O15/c1-16-9-18(28-31-21-11-19(43-3)12-23(44-4)20(21)13-24(35)32-28)10-17(2)27(16)46-6-5-45-26(37)14-22(30-25(36)15-49-34(41)42)29(38)47-7-8-48-33(39)40/h9-12,22H,5-8,13-15H2,1-4H3,(H,30,36)(H,31,32,35). The molecule has 0 fully saturated rings. The summed E-state index contributed by atoms with van der Waals surface area (Å²) >= 11 is 0. The summed E-state index contributed by atoms with van der Waals surface area (Å²) in [6, 6.07) is 5.23. The summed E-state index contributed by atoms with van der Waals surface area (Å²) in [5.74, 6) is -1.81. The third-order valence-corrected chi connectivity index (χ3v) is 6.58. The van der Waals surface area contributed by atoms with Crippen molar-refractivity contribution in [3.8, 4) is 17.2 Å². The minimum atomic E-state index is -1.66. The molecule has 1 aliphatic heterocycles. The van der Waals surface area contributed by atoms with Crippen LogP contribution in [0.25, 0.3) is 0 Å². The van der Waals surface area contributed by atoms with Crippen molar-refractivity contribution in [3.05, 3.63) is 66.7 Å². The summed E-state index contributed by atoms with van der Waals surface area (Å²) in [6.07, 6.45) is -0.711. The zero-order valence-electron chi connectivity index (χ0n) is 26.8. The number of aryl methyl sites for hydroxylation is 2. The first-order chi connectivity index (χ1) is 23.3. The van der Waals surface area contributed by atoms with Crippen molar-refractivity contribution < 1.29 is 62.7 Å². The van der Waals surface area contributed by atoms with E-state index in [1.807, 2.05) is 5.32 Å². The van der Waals surface area contributed by atoms with Crippen LogP contribution in [0.5, 0.6) is 17.2 Å². The van der Waals surface area contributed by atoms with E-state index in [2.05, 4.69) is 20.0 Å². The lowest BCUT2D eigenvalue weighted by atomic mass is 10.0. The number of carbonyl (C=O) groups is 4. The van der Waals surface area contributed by atoms with Gasteiger partial charge in [-0.2, -0.15) is 0 Å². The van der Waals surface area contributed by atoms with Gasteiger partial charge in [-0.3, -0.25) is 14.4 Å². The molecule has 2 N–H and O–H groups in total. The molecule has 0 bridgehead atoms. The normalized spacial score (nSPS) is 12.5. The van der Waals surface area contributed by atoms with Crippen LogP contribution in [0.1, 0.15) is 28.7 Å². The van der Waals surface area contributed by atoms with Crippen molar-refractivity contribution >= 4 is 35.3 Å². The zero-order valence-corrected chi connectivity index (χ0v) is 26.8. The Morgan fingerprint density at radius 2 is 1.61 bits per heavy atom. The molecule has 0 saturated carbocycles. The van der Waals surface area contributed by atoms with Crippen LogP contribution >= 0.6 is 0 Å². The number of hydrogen-bond acceptors (Lipinski definition) is 16. The summed E-state index contributed by atoms with van der Waals surface area (Å²) in [5.41, 5.74) is 3.07. The number of benzene rings is 2. The number of amides is 2. The van der Waals surface area contributed by atoms with E-state index in [-0.39, 0.29) is 25.5 Å². The van der Waals surface area contributed by atoms with Crippen LogP contribution in [0.2, 0.25) is 0 Å². The van der Waals surface area contributed by atoms with Crippen molar-refractivity contribution in [2.45, 2.75) is 32.7 Å². The van der Waals surface area contributed by atoms with Crippen LogP contribution in [0, 0.1) is 34.1 Å². The fourth-order valence-corrected chi connectivity index (χ4v) is 4.54. The number of hydrogen-bond donors (Lipinski definition) is 2. The second-order valence-corrected chi connectivity index (χ2v) is 10.1. The largest absolute Gasteiger partial charge is 0.497 e. The molecule has 20 nitrogen and oxygen atoms in total. The van der Waals surface area contributed by atoms with Gasteiger partial charge in [0.1, 0.15) is 55.6 Å². The first-order valence-electron chi connectivity index (χ1n) is 14.3. The third kappa shape index (κ3) is 11.2. The van der Waals surface area contributed by atoms with Gasteiger partial charge < -0.3 is 44.0 Å². The quantitative estimate of drug-likeness (QED) is 0.0950. The monoisotopic (exact) mass is 691 g/mol. The lowest BCUT2D eigenvalue weighted by Crippen LogP contribution is -2.45. The van der Waals surface area contributed by atoms with Gasteiger partial charge in [0, 0.05) is 23.3 Å². The number of aliphatic imine (C=N–C) groups is 1. The van der Waals surface area contributed by atoms with Gasteiger partial charge in [0.05, 0.1) is 32.7 Å². The molecule has 2 aromatic carbocycles. The molecule has 49 heavy (non-hydrogen) atoms. The van der Waals surface area contributed by atoms with Crippen molar-refractivity contribution in [2.24, 2.45) is 4.99 Å². The minimum Gasteiger partial charge on any atom is -0.497 e. The van der Waals surface area contributed by atoms with Crippen LogP contribution in [-0.2, 0) is 44.7 Å². The maximum absolute atomic E-state index is 12.8. The Balaban J connectivity index is 1.63. The summed E-state index contributed by atoms with van der Waals surface area (Å²) < 4.78 is 26.5. The van der Waals surface area contributed by atoms with E-state index in [0.717, 1.165) is 0 Å². The van der Waals surface area contributed by atoms with E-state index >= 15 is 0 Å². The average Bonchev–Trinajstić information content (AvgIpc) is 3.21. The molecule has 0 aromatic heterocycles. The molecule has 2 amide bonds. The fraction of sp³-hybridized carbons (Fsp3) is 0.414. The van der Waals surface area contributed by atoms with E-state index in [0.29, 0.717) is 51.0 Å². The minimum absolute atomic E-state index is 0.0383. The molecule has 0 aliphatic carbocycles. The maximum Gasteiger partial charge on any atom is 0.329 e. The van der Waals surface area contributed by atoms with Gasteiger partial charge in [0.15, 0.2) is 6.61 Å². The number of methoxy groups -OCH3 is 2. The summed E-state index contributed by atoms with van der Waals surface area (Å²) in [5, 5.41) is 23.1. The predicted octanol–water partition coefficient (Wildman–Crippen LogP) is 0.828. The van der Waals surface area contributed by atoms with E-state index in [1.54, 1.807) is 38.1 Å². The number of fused-ring (bicyclic) bond motifs is 1. The molecular formula is C29H33N5O15.